The van der Waals surface area contributed by atoms with Gasteiger partial charge in [0, 0.05) is 42.8 Å². The van der Waals surface area contributed by atoms with Gasteiger partial charge in [-0.05, 0) is 38.0 Å². The van der Waals surface area contributed by atoms with Gasteiger partial charge in [-0.3, -0.25) is 4.98 Å². The maximum Gasteiger partial charge on any atom is 0.339 e. The molecule has 6 heteroatoms. The van der Waals surface area contributed by atoms with E-state index in [4.69, 9.17) is 4.74 Å². The Labute approximate surface area is 141 Å². The molecule has 0 spiro atoms. The van der Waals surface area contributed by atoms with Gasteiger partial charge in [0.15, 0.2) is 0 Å². The van der Waals surface area contributed by atoms with Gasteiger partial charge in [0.05, 0.1) is 18.3 Å². The summed E-state index contributed by atoms with van der Waals surface area (Å²) in [5.74, 6) is 0.531. The Balaban J connectivity index is 1.76. The molecule has 0 aromatic carbocycles. The molecule has 0 aliphatic carbocycles. The monoisotopic (exact) mass is 327 g/mol. The number of hydrogen-bond donors (Lipinski definition) is 1. The molecule has 126 valence electrons. The molecule has 0 atom stereocenters. The summed E-state index contributed by atoms with van der Waals surface area (Å²) in [6.45, 7) is 3.74. The second kappa shape index (κ2) is 7.40. The lowest BCUT2D eigenvalue weighted by molar-refractivity contribution is 0.0526. The molecule has 3 heterocycles. The summed E-state index contributed by atoms with van der Waals surface area (Å²) < 4.78 is 5.00. The number of nitrogens with zero attached hydrogens (tertiary/aromatic N) is 3. The molecular formula is C18H21N3O3. The first-order chi connectivity index (χ1) is 11.7. The number of aliphatic hydroxyl groups excluding tert-OH is 1. The number of aromatic nitrogens is 2. The van der Waals surface area contributed by atoms with Gasteiger partial charge in [0.25, 0.3) is 0 Å². The molecule has 0 bridgehead atoms. The van der Waals surface area contributed by atoms with E-state index in [1.807, 2.05) is 12.1 Å². The van der Waals surface area contributed by atoms with Crippen LogP contribution in [0, 0.1) is 0 Å². The highest BCUT2D eigenvalue weighted by Gasteiger charge is 2.18. The molecule has 1 aliphatic rings. The van der Waals surface area contributed by atoms with Crippen LogP contribution in [0.15, 0.2) is 36.8 Å². The number of ether oxygens (including phenoxy) is 1. The largest absolute Gasteiger partial charge is 0.462 e. The van der Waals surface area contributed by atoms with E-state index in [-0.39, 0.29) is 12.1 Å². The lowest BCUT2D eigenvalue weighted by Crippen LogP contribution is -2.36. The number of pyridine rings is 2. The third kappa shape index (κ3) is 3.71. The number of anilines is 1. The van der Waals surface area contributed by atoms with Gasteiger partial charge in [-0.15, -0.1) is 0 Å². The van der Waals surface area contributed by atoms with Crippen LogP contribution in [-0.4, -0.2) is 46.8 Å². The van der Waals surface area contributed by atoms with Crippen molar-refractivity contribution in [3.8, 4) is 11.1 Å². The predicted octanol–water partition coefficient (Wildman–Crippen LogP) is 2.28. The van der Waals surface area contributed by atoms with Crippen molar-refractivity contribution < 1.29 is 14.6 Å². The minimum atomic E-state index is -0.372. The van der Waals surface area contributed by atoms with E-state index in [1.54, 1.807) is 25.4 Å². The average Bonchev–Trinajstić information content (AvgIpc) is 2.63. The summed E-state index contributed by atoms with van der Waals surface area (Å²) in [7, 11) is 0. The van der Waals surface area contributed by atoms with Crippen molar-refractivity contribution >= 4 is 11.8 Å². The summed E-state index contributed by atoms with van der Waals surface area (Å²) in [6, 6.07) is 5.70. The molecular weight excluding hydrogens is 306 g/mol. The van der Waals surface area contributed by atoms with Crippen LogP contribution in [0.5, 0.6) is 0 Å². The number of hydrogen-bond acceptors (Lipinski definition) is 6. The number of carbonyl (C=O) groups is 1. The molecule has 2 aromatic heterocycles. The maximum atomic E-state index is 11.8. The molecule has 3 rings (SSSR count). The summed E-state index contributed by atoms with van der Waals surface area (Å²) >= 11 is 0. The zero-order valence-electron chi connectivity index (χ0n) is 13.7. The van der Waals surface area contributed by atoms with E-state index >= 15 is 0 Å². The predicted molar refractivity (Wildman–Crippen MR) is 90.9 cm³/mol. The van der Waals surface area contributed by atoms with E-state index in [1.165, 1.54) is 6.20 Å². The number of rotatable bonds is 4. The molecule has 1 aliphatic heterocycles. The Hall–Kier alpha value is -2.47. The molecule has 0 saturated carbocycles. The quantitative estimate of drug-likeness (QED) is 0.868. The number of piperidine rings is 1. The van der Waals surface area contributed by atoms with E-state index in [9.17, 15) is 9.90 Å². The topological polar surface area (TPSA) is 75.5 Å². The Morgan fingerprint density at radius 1 is 1.25 bits per heavy atom. The zero-order chi connectivity index (χ0) is 16.9. The van der Waals surface area contributed by atoms with E-state index < -0.39 is 0 Å². The summed E-state index contributed by atoms with van der Waals surface area (Å²) in [6.07, 6.45) is 6.34. The van der Waals surface area contributed by atoms with Crippen LogP contribution in [0.25, 0.3) is 11.1 Å². The first-order valence-electron chi connectivity index (χ1n) is 8.19. The molecule has 1 saturated heterocycles. The highest BCUT2D eigenvalue weighted by molar-refractivity contribution is 5.90. The minimum absolute atomic E-state index is 0.197. The number of aliphatic hydroxyl groups is 1. The molecule has 2 aromatic rings. The number of esters is 1. The summed E-state index contributed by atoms with van der Waals surface area (Å²) in [5.41, 5.74) is 2.16. The van der Waals surface area contributed by atoms with Crippen LogP contribution in [-0.2, 0) is 4.74 Å². The average molecular weight is 327 g/mol. The highest BCUT2D eigenvalue weighted by Crippen LogP contribution is 2.23. The second-order valence-electron chi connectivity index (χ2n) is 5.81. The Morgan fingerprint density at radius 2 is 2.04 bits per heavy atom. The van der Waals surface area contributed by atoms with Gasteiger partial charge in [-0.2, -0.15) is 0 Å². The smallest absolute Gasteiger partial charge is 0.339 e. The SMILES string of the molecule is CCOC(=O)c1cncc(-c2ccc(N3CCC(O)CC3)nc2)c1. The van der Waals surface area contributed by atoms with Gasteiger partial charge in [0.2, 0.25) is 0 Å². The standard InChI is InChI=1S/C18H21N3O3/c1-2-24-18(23)15-9-14(10-19-11-15)13-3-4-17(20-12-13)21-7-5-16(22)6-8-21/h3-4,9-12,16,22H,2,5-8H2,1H3. The molecule has 0 amide bonds. The lowest BCUT2D eigenvalue weighted by atomic mass is 10.1. The van der Waals surface area contributed by atoms with Crippen molar-refractivity contribution in [3.05, 3.63) is 42.4 Å². The second-order valence-corrected chi connectivity index (χ2v) is 5.81. The van der Waals surface area contributed by atoms with Crippen molar-refractivity contribution in [2.75, 3.05) is 24.6 Å². The van der Waals surface area contributed by atoms with Crippen molar-refractivity contribution in [1.29, 1.82) is 0 Å². The lowest BCUT2D eigenvalue weighted by Gasteiger charge is -2.30. The van der Waals surface area contributed by atoms with Crippen LogP contribution in [0.4, 0.5) is 5.82 Å². The van der Waals surface area contributed by atoms with Gasteiger partial charge < -0.3 is 14.7 Å². The van der Waals surface area contributed by atoms with Crippen molar-refractivity contribution in [2.24, 2.45) is 0 Å². The van der Waals surface area contributed by atoms with Crippen LogP contribution in [0.3, 0.4) is 0 Å². The van der Waals surface area contributed by atoms with Crippen molar-refractivity contribution in [3.63, 3.8) is 0 Å². The van der Waals surface area contributed by atoms with E-state index in [2.05, 4.69) is 14.9 Å². The van der Waals surface area contributed by atoms with E-state index in [0.717, 1.165) is 42.9 Å². The molecule has 24 heavy (non-hydrogen) atoms. The summed E-state index contributed by atoms with van der Waals surface area (Å²) in [5, 5.41) is 9.58. The molecule has 0 radical (unpaired) electrons. The molecule has 1 fully saturated rings. The maximum absolute atomic E-state index is 11.8. The first kappa shape index (κ1) is 16.4. The fourth-order valence-corrected chi connectivity index (χ4v) is 2.76. The van der Waals surface area contributed by atoms with Crippen molar-refractivity contribution in [2.45, 2.75) is 25.9 Å². The van der Waals surface area contributed by atoms with Crippen LogP contribution >= 0.6 is 0 Å². The third-order valence-electron chi connectivity index (χ3n) is 4.12. The van der Waals surface area contributed by atoms with Crippen LogP contribution in [0.1, 0.15) is 30.1 Å². The fraction of sp³-hybridized carbons (Fsp3) is 0.389. The Bertz CT molecular complexity index is 695. The van der Waals surface area contributed by atoms with Crippen LogP contribution in [0.2, 0.25) is 0 Å². The third-order valence-corrected chi connectivity index (χ3v) is 4.12. The Morgan fingerprint density at radius 3 is 2.71 bits per heavy atom. The normalized spacial score (nSPS) is 15.3. The first-order valence-corrected chi connectivity index (χ1v) is 8.19. The van der Waals surface area contributed by atoms with Gasteiger partial charge in [-0.1, -0.05) is 0 Å². The number of carbonyl (C=O) groups excluding carboxylic acids is 1. The molecule has 1 N–H and O–H groups in total. The molecule has 0 unspecified atom stereocenters. The van der Waals surface area contributed by atoms with Crippen LogP contribution < -0.4 is 4.90 Å². The van der Waals surface area contributed by atoms with E-state index in [0.29, 0.717) is 12.2 Å². The highest BCUT2D eigenvalue weighted by atomic mass is 16.5. The minimum Gasteiger partial charge on any atom is -0.462 e. The van der Waals surface area contributed by atoms with Crippen molar-refractivity contribution in [1.82, 2.24) is 9.97 Å². The van der Waals surface area contributed by atoms with Gasteiger partial charge in [0.1, 0.15) is 5.82 Å². The Kier molecular flexibility index (Phi) is 5.05. The zero-order valence-corrected chi connectivity index (χ0v) is 13.7. The van der Waals surface area contributed by atoms with Gasteiger partial charge >= 0.3 is 5.97 Å². The fourth-order valence-electron chi connectivity index (χ4n) is 2.76. The van der Waals surface area contributed by atoms with Gasteiger partial charge in [-0.25, -0.2) is 9.78 Å². The molecule has 6 nitrogen and oxygen atoms in total. The summed E-state index contributed by atoms with van der Waals surface area (Å²) in [4.78, 5) is 22.6.